The first-order chi connectivity index (χ1) is 15.5. The quantitative estimate of drug-likeness (QED) is 0.589. The monoisotopic (exact) mass is 434 g/mol. The van der Waals surface area contributed by atoms with Gasteiger partial charge in [-0.2, -0.15) is 0 Å². The zero-order valence-corrected chi connectivity index (χ0v) is 19.0. The zero-order chi connectivity index (χ0) is 22.1. The van der Waals surface area contributed by atoms with Crippen molar-refractivity contribution in [2.45, 2.75) is 70.3 Å². The van der Waals surface area contributed by atoms with Crippen LogP contribution in [0.15, 0.2) is 24.7 Å². The maximum atomic E-state index is 8.74. The summed E-state index contributed by atoms with van der Waals surface area (Å²) in [5.74, 6) is 3.25. The second-order valence-electron chi connectivity index (χ2n) is 10.1. The molecule has 2 saturated carbocycles. The van der Waals surface area contributed by atoms with Crippen molar-refractivity contribution in [2.75, 3.05) is 23.7 Å². The van der Waals surface area contributed by atoms with E-state index in [1.165, 1.54) is 44.9 Å². The number of nitrogens with zero attached hydrogens (tertiary/aromatic N) is 4. The molecule has 0 amide bonds. The molecule has 7 nitrogen and oxygen atoms in total. The van der Waals surface area contributed by atoms with Crippen molar-refractivity contribution in [1.29, 1.82) is 5.41 Å². The van der Waals surface area contributed by atoms with E-state index in [1.54, 1.807) is 18.6 Å². The Morgan fingerprint density at radius 3 is 2.47 bits per heavy atom. The SMILES string of the molecule is CC1(Oc2cc(C(=N)c3cc(N4CCC(CCC5CCC5)CC4)ncn3)c(N)cn2)CC1. The maximum Gasteiger partial charge on any atom is 0.214 e. The average Bonchev–Trinajstić information content (AvgIpc) is 3.50. The van der Waals surface area contributed by atoms with Crippen molar-refractivity contribution in [2.24, 2.45) is 11.8 Å². The molecule has 1 saturated heterocycles. The van der Waals surface area contributed by atoms with Gasteiger partial charge >= 0.3 is 0 Å². The van der Waals surface area contributed by atoms with Gasteiger partial charge in [-0.05, 0) is 44.4 Å². The summed E-state index contributed by atoms with van der Waals surface area (Å²) >= 11 is 0. The minimum absolute atomic E-state index is 0.130. The van der Waals surface area contributed by atoms with E-state index in [0.29, 0.717) is 22.8 Å². The molecule has 0 aromatic carbocycles. The molecule has 0 unspecified atom stereocenters. The van der Waals surface area contributed by atoms with Crippen LogP contribution in [0.2, 0.25) is 0 Å². The van der Waals surface area contributed by atoms with Crippen LogP contribution in [0.5, 0.6) is 5.88 Å². The highest BCUT2D eigenvalue weighted by molar-refractivity contribution is 6.13. The predicted octanol–water partition coefficient (Wildman–Crippen LogP) is 4.60. The Kier molecular flexibility index (Phi) is 5.74. The summed E-state index contributed by atoms with van der Waals surface area (Å²) in [6.07, 6.45) is 14.8. The molecule has 3 fully saturated rings. The molecule has 5 rings (SSSR count). The van der Waals surface area contributed by atoms with Gasteiger partial charge in [0.25, 0.3) is 0 Å². The Morgan fingerprint density at radius 2 is 1.81 bits per heavy atom. The van der Waals surface area contributed by atoms with Crippen LogP contribution in [0.3, 0.4) is 0 Å². The smallest absolute Gasteiger partial charge is 0.214 e. The van der Waals surface area contributed by atoms with Gasteiger partial charge in [0.1, 0.15) is 17.7 Å². The van der Waals surface area contributed by atoms with Crippen molar-refractivity contribution in [3.05, 3.63) is 35.9 Å². The van der Waals surface area contributed by atoms with E-state index in [9.17, 15) is 0 Å². The van der Waals surface area contributed by atoms with Crippen LogP contribution in [-0.4, -0.2) is 39.4 Å². The summed E-state index contributed by atoms with van der Waals surface area (Å²) < 4.78 is 5.96. The first-order valence-corrected chi connectivity index (χ1v) is 12.1. The summed E-state index contributed by atoms with van der Waals surface area (Å²) in [7, 11) is 0. The standard InChI is InChI=1S/C25H34N6O/c1-25(9-10-25)32-23-13-19(20(26)15-28-23)24(27)21-14-22(30-16-29-21)31-11-7-18(8-12-31)6-5-17-3-2-4-17/h13-18,27H,2-12,26H2,1H3. The number of hydrogen-bond acceptors (Lipinski definition) is 7. The summed E-state index contributed by atoms with van der Waals surface area (Å²) in [4.78, 5) is 15.5. The Hall–Kier alpha value is -2.70. The molecule has 1 aliphatic heterocycles. The highest BCUT2D eigenvalue weighted by Crippen LogP contribution is 2.39. The highest BCUT2D eigenvalue weighted by atomic mass is 16.5. The lowest BCUT2D eigenvalue weighted by atomic mass is 9.79. The second-order valence-corrected chi connectivity index (χ2v) is 10.1. The number of aromatic nitrogens is 3. The topological polar surface area (TPSA) is 101 Å². The molecule has 2 aliphatic carbocycles. The lowest BCUT2D eigenvalue weighted by molar-refractivity contribution is 0.191. The average molecular weight is 435 g/mol. The van der Waals surface area contributed by atoms with Crippen molar-refractivity contribution in [1.82, 2.24) is 15.0 Å². The van der Waals surface area contributed by atoms with Gasteiger partial charge < -0.3 is 15.4 Å². The largest absolute Gasteiger partial charge is 0.471 e. The molecule has 3 aliphatic rings. The fourth-order valence-corrected chi connectivity index (χ4v) is 4.75. The third-order valence-electron chi connectivity index (χ3n) is 7.54. The summed E-state index contributed by atoms with van der Waals surface area (Å²) in [6.45, 7) is 4.11. The van der Waals surface area contributed by atoms with Gasteiger partial charge in [0.05, 0.1) is 23.3 Å². The number of piperidine rings is 1. The first kappa shape index (κ1) is 21.2. The van der Waals surface area contributed by atoms with Gasteiger partial charge in [0.2, 0.25) is 5.88 Å². The lowest BCUT2D eigenvalue weighted by Crippen LogP contribution is -2.34. The van der Waals surface area contributed by atoms with Crippen molar-refractivity contribution >= 4 is 17.2 Å². The van der Waals surface area contributed by atoms with Crippen LogP contribution >= 0.6 is 0 Å². The molecular weight excluding hydrogens is 400 g/mol. The van der Waals surface area contributed by atoms with Gasteiger partial charge in [0.15, 0.2) is 0 Å². The van der Waals surface area contributed by atoms with Crippen LogP contribution in [0.4, 0.5) is 11.5 Å². The van der Waals surface area contributed by atoms with E-state index < -0.39 is 0 Å². The van der Waals surface area contributed by atoms with E-state index >= 15 is 0 Å². The molecule has 0 radical (unpaired) electrons. The summed E-state index contributed by atoms with van der Waals surface area (Å²) in [6, 6.07) is 3.68. The Morgan fingerprint density at radius 1 is 1.09 bits per heavy atom. The van der Waals surface area contributed by atoms with E-state index in [-0.39, 0.29) is 11.3 Å². The number of rotatable bonds is 8. The van der Waals surface area contributed by atoms with Crippen LogP contribution < -0.4 is 15.4 Å². The fraction of sp³-hybridized carbons (Fsp3) is 0.600. The molecule has 2 aromatic heterocycles. The number of nitrogen functional groups attached to an aromatic ring is 1. The van der Waals surface area contributed by atoms with Crippen LogP contribution in [0.1, 0.15) is 76.0 Å². The molecule has 0 bridgehead atoms. The maximum absolute atomic E-state index is 8.74. The number of nitrogens with one attached hydrogen (secondary N) is 1. The molecule has 0 atom stereocenters. The molecule has 3 N–H and O–H groups in total. The van der Waals surface area contributed by atoms with Gasteiger partial charge in [-0.15, -0.1) is 0 Å². The second kappa shape index (κ2) is 8.68. The molecule has 2 aromatic rings. The zero-order valence-electron chi connectivity index (χ0n) is 19.0. The molecular formula is C25H34N6O. The van der Waals surface area contributed by atoms with Crippen molar-refractivity contribution in [3.63, 3.8) is 0 Å². The minimum Gasteiger partial charge on any atom is -0.471 e. The molecule has 32 heavy (non-hydrogen) atoms. The van der Waals surface area contributed by atoms with Crippen molar-refractivity contribution in [3.8, 4) is 5.88 Å². The van der Waals surface area contributed by atoms with Crippen LogP contribution in [0.25, 0.3) is 0 Å². The van der Waals surface area contributed by atoms with Gasteiger partial charge in [-0.25, -0.2) is 15.0 Å². The predicted molar refractivity (Wildman–Crippen MR) is 126 cm³/mol. The van der Waals surface area contributed by atoms with Crippen LogP contribution in [0, 0.1) is 17.2 Å². The number of anilines is 2. The summed E-state index contributed by atoms with van der Waals surface area (Å²) in [5, 5.41) is 8.74. The van der Waals surface area contributed by atoms with E-state index in [1.807, 2.05) is 6.07 Å². The minimum atomic E-state index is -0.130. The molecule has 0 spiro atoms. The van der Waals surface area contributed by atoms with Gasteiger partial charge in [0, 0.05) is 30.8 Å². The Balaban J connectivity index is 1.24. The number of hydrogen-bond donors (Lipinski definition) is 2. The van der Waals surface area contributed by atoms with Crippen molar-refractivity contribution < 1.29 is 4.74 Å². The third-order valence-corrected chi connectivity index (χ3v) is 7.54. The molecule has 7 heteroatoms. The van der Waals surface area contributed by atoms with E-state index in [4.69, 9.17) is 15.9 Å². The molecule has 3 heterocycles. The third kappa shape index (κ3) is 4.71. The van der Waals surface area contributed by atoms with E-state index in [2.05, 4.69) is 26.8 Å². The van der Waals surface area contributed by atoms with E-state index in [0.717, 1.165) is 43.6 Å². The summed E-state index contributed by atoms with van der Waals surface area (Å²) in [5.41, 5.74) is 7.92. The van der Waals surface area contributed by atoms with Gasteiger partial charge in [-0.1, -0.05) is 32.1 Å². The Bertz CT molecular complexity index is 976. The van der Waals surface area contributed by atoms with Gasteiger partial charge in [-0.3, -0.25) is 5.41 Å². The lowest BCUT2D eigenvalue weighted by Gasteiger charge is -2.34. The normalized spacial score (nSPS) is 20.6. The number of ether oxygens (including phenoxy) is 1. The highest BCUT2D eigenvalue weighted by Gasteiger charge is 2.40. The van der Waals surface area contributed by atoms with Crippen LogP contribution in [-0.2, 0) is 0 Å². The Labute approximate surface area is 190 Å². The number of nitrogens with two attached hydrogens (primary N) is 1. The molecule has 170 valence electrons. The fourth-order valence-electron chi connectivity index (χ4n) is 4.75. The number of pyridine rings is 1. The first-order valence-electron chi connectivity index (χ1n) is 12.1.